The van der Waals surface area contributed by atoms with E-state index < -0.39 is 11.6 Å². The quantitative estimate of drug-likeness (QED) is 0.532. The maximum absolute atomic E-state index is 13.3. The molecule has 162 valence electrons. The summed E-state index contributed by atoms with van der Waals surface area (Å²) in [5.41, 5.74) is 8.82. The number of amides is 3. The van der Waals surface area contributed by atoms with Crippen molar-refractivity contribution < 1.29 is 9.59 Å². The lowest BCUT2D eigenvalue weighted by Crippen LogP contribution is -2.41. The summed E-state index contributed by atoms with van der Waals surface area (Å²) in [6, 6.07) is 14.9. The Bertz CT molecular complexity index is 1210. The molecule has 1 aliphatic heterocycles. The van der Waals surface area contributed by atoms with Gasteiger partial charge in [-0.05, 0) is 55.0 Å². The monoisotopic (exact) mass is 429 g/mol. The fourth-order valence-electron chi connectivity index (χ4n) is 4.28. The summed E-state index contributed by atoms with van der Waals surface area (Å²) in [6.45, 7) is 1.62. The highest BCUT2D eigenvalue weighted by Crippen LogP contribution is 2.33. The second kappa shape index (κ2) is 7.60. The molecule has 5 rings (SSSR count). The maximum atomic E-state index is 13.3. The number of fused-ring (bicyclic) bond motifs is 1. The predicted octanol–water partition coefficient (Wildman–Crippen LogP) is 2.65. The number of urea groups is 1. The van der Waals surface area contributed by atoms with Crippen molar-refractivity contribution in [1.29, 1.82) is 0 Å². The first kappa shape index (κ1) is 19.9. The van der Waals surface area contributed by atoms with Gasteiger partial charge < -0.3 is 16.4 Å². The van der Waals surface area contributed by atoms with Crippen molar-refractivity contribution in [3.05, 3.63) is 71.0 Å². The highest BCUT2D eigenvalue weighted by molar-refractivity contribution is 6.07. The number of para-hydroxylation sites is 1. The largest absolute Gasteiger partial charge is 0.368 e. The molecule has 4 N–H and O–H groups in total. The zero-order chi connectivity index (χ0) is 22.3. The number of carbonyl (C=O) groups excluding carboxylic acids is 2. The van der Waals surface area contributed by atoms with E-state index in [0.29, 0.717) is 0 Å². The van der Waals surface area contributed by atoms with E-state index in [1.165, 1.54) is 11.1 Å². The van der Waals surface area contributed by atoms with Crippen molar-refractivity contribution in [2.75, 3.05) is 11.1 Å². The number of rotatable bonds is 5. The van der Waals surface area contributed by atoms with Crippen molar-refractivity contribution in [2.45, 2.75) is 38.3 Å². The minimum atomic E-state index is -1.14. The molecule has 32 heavy (non-hydrogen) atoms. The van der Waals surface area contributed by atoms with Gasteiger partial charge in [-0.2, -0.15) is 15.0 Å². The van der Waals surface area contributed by atoms with Crippen LogP contribution in [0.4, 0.5) is 22.4 Å². The van der Waals surface area contributed by atoms with Crippen LogP contribution in [0.25, 0.3) is 0 Å². The Hall–Kier alpha value is -4.01. The molecule has 0 saturated carbocycles. The third kappa shape index (κ3) is 3.51. The van der Waals surface area contributed by atoms with Gasteiger partial charge in [-0.1, -0.05) is 36.4 Å². The van der Waals surface area contributed by atoms with Gasteiger partial charge >= 0.3 is 6.03 Å². The first-order valence-electron chi connectivity index (χ1n) is 10.5. The van der Waals surface area contributed by atoms with E-state index in [-0.39, 0.29) is 30.2 Å². The number of nitrogens with zero attached hydrogens (tertiary/aromatic N) is 4. The van der Waals surface area contributed by atoms with E-state index >= 15 is 0 Å². The number of hydrogen-bond donors (Lipinski definition) is 3. The molecule has 1 saturated heterocycles. The Morgan fingerprint density at radius 3 is 2.66 bits per heavy atom. The molecule has 1 aliphatic carbocycles. The molecule has 0 bridgehead atoms. The van der Waals surface area contributed by atoms with Gasteiger partial charge in [0.2, 0.25) is 11.9 Å². The number of aromatic nitrogens is 3. The van der Waals surface area contributed by atoms with Crippen LogP contribution in [0.15, 0.2) is 48.5 Å². The highest BCUT2D eigenvalue weighted by atomic mass is 16.2. The molecule has 0 radical (unpaired) electrons. The van der Waals surface area contributed by atoms with Crippen molar-refractivity contribution >= 4 is 29.5 Å². The first-order chi connectivity index (χ1) is 15.4. The normalized spacial score (nSPS) is 19.7. The number of imide groups is 1. The van der Waals surface area contributed by atoms with E-state index in [2.05, 4.69) is 31.7 Å². The van der Waals surface area contributed by atoms with Crippen LogP contribution < -0.4 is 16.4 Å². The fourth-order valence-corrected chi connectivity index (χ4v) is 4.28. The fraction of sp³-hybridized carbons (Fsp3) is 0.261. The van der Waals surface area contributed by atoms with E-state index in [9.17, 15) is 9.59 Å². The molecular weight excluding hydrogens is 406 g/mol. The SMILES string of the molecule is C[C@@]1(c2ccc3c(c2)CCC3)NC(=O)N(Cc2nc(N)nc(Nc3ccccc3)n2)C1=O. The Labute approximate surface area is 185 Å². The molecule has 3 aromatic rings. The van der Waals surface area contributed by atoms with Crippen molar-refractivity contribution in [1.82, 2.24) is 25.2 Å². The number of hydrogen-bond acceptors (Lipinski definition) is 7. The minimum absolute atomic E-state index is 0.00173. The Balaban J connectivity index is 1.39. The summed E-state index contributed by atoms with van der Waals surface area (Å²) in [5, 5.41) is 5.90. The van der Waals surface area contributed by atoms with Crippen molar-refractivity contribution in [2.24, 2.45) is 0 Å². The Morgan fingerprint density at radius 2 is 1.84 bits per heavy atom. The van der Waals surface area contributed by atoms with Crippen LogP contribution in [0.2, 0.25) is 0 Å². The Kier molecular flexibility index (Phi) is 4.73. The second-order valence-electron chi connectivity index (χ2n) is 8.21. The molecule has 0 spiro atoms. The second-order valence-corrected chi connectivity index (χ2v) is 8.21. The molecule has 1 atom stereocenters. The molecule has 2 aliphatic rings. The average Bonchev–Trinajstić information content (AvgIpc) is 3.32. The first-order valence-corrected chi connectivity index (χ1v) is 10.5. The number of nitrogen functional groups attached to an aromatic ring is 1. The van der Waals surface area contributed by atoms with Crippen LogP contribution in [0.1, 0.15) is 35.9 Å². The van der Waals surface area contributed by atoms with Crippen molar-refractivity contribution in [3.63, 3.8) is 0 Å². The average molecular weight is 429 g/mol. The van der Waals surface area contributed by atoms with E-state index in [1.54, 1.807) is 6.92 Å². The third-order valence-corrected chi connectivity index (χ3v) is 5.98. The van der Waals surface area contributed by atoms with Gasteiger partial charge in [0.05, 0.1) is 6.54 Å². The smallest absolute Gasteiger partial charge is 0.325 e. The van der Waals surface area contributed by atoms with Crippen LogP contribution in [-0.4, -0.2) is 31.8 Å². The van der Waals surface area contributed by atoms with Gasteiger partial charge in [-0.3, -0.25) is 9.69 Å². The molecule has 9 nitrogen and oxygen atoms in total. The summed E-state index contributed by atoms with van der Waals surface area (Å²) >= 11 is 0. The molecule has 0 unspecified atom stereocenters. The van der Waals surface area contributed by atoms with Gasteiger partial charge in [0, 0.05) is 5.69 Å². The number of nitrogens with one attached hydrogen (secondary N) is 2. The molecule has 1 fully saturated rings. The van der Waals surface area contributed by atoms with Gasteiger partial charge in [0.25, 0.3) is 5.91 Å². The highest BCUT2D eigenvalue weighted by Gasteiger charge is 2.49. The predicted molar refractivity (Wildman–Crippen MR) is 119 cm³/mol. The number of carbonyl (C=O) groups is 2. The summed E-state index contributed by atoms with van der Waals surface area (Å²) in [7, 11) is 0. The van der Waals surface area contributed by atoms with Crippen LogP contribution in [-0.2, 0) is 29.7 Å². The van der Waals surface area contributed by atoms with Crippen LogP contribution in [0.5, 0.6) is 0 Å². The molecule has 2 heterocycles. The Morgan fingerprint density at radius 1 is 1.06 bits per heavy atom. The maximum Gasteiger partial charge on any atom is 0.325 e. The van der Waals surface area contributed by atoms with Crippen LogP contribution in [0.3, 0.4) is 0 Å². The summed E-state index contributed by atoms with van der Waals surface area (Å²) in [5.74, 6) is 0.114. The molecule has 9 heteroatoms. The lowest BCUT2D eigenvalue weighted by Gasteiger charge is -2.23. The van der Waals surface area contributed by atoms with E-state index in [0.717, 1.165) is 35.4 Å². The van der Waals surface area contributed by atoms with Crippen LogP contribution >= 0.6 is 0 Å². The van der Waals surface area contributed by atoms with Crippen LogP contribution in [0, 0.1) is 0 Å². The minimum Gasteiger partial charge on any atom is -0.368 e. The van der Waals surface area contributed by atoms with E-state index in [4.69, 9.17) is 5.73 Å². The summed E-state index contributed by atoms with van der Waals surface area (Å²) < 4.78 is 0. The lowest BCUT2D eigenvalue weighted by atomic mass is 9.89. The third-order valence-electron chi connectivity index (χ3n) is 5.98. The van der Waals surface area contributed by atoms with Crippen molar-refractivity contribution in [3.8, 4) is 0 Å². The number of benzene rings is 2. The molecule has 3 amide bonds. The number of aryl methyl sites for hydroxylation is 2. The zero-order valence-corrected chi connectivity index (χ0v) is 17.6. The van der Waals surface area contributed by atoms with Gasteiger partial charge in [-0.15, -0.1) is 0 Å². The molecule has 2 aromatic carbocycles. The number of nitrogens with two attached hydrogens (primary N) is 1. The number of anilines is 3. The van der Waals surface area contributed by atoms with Gasteiger partial charge in [-0.25, -0.2) is 4.79 Å². The molecule has 1 aromatic heterocycles. The summed E-state index contributed by atoms with van der Waals surface area (Å²) in [4.78, 5) is 39.7. The lowest BCUT2D eigenvalue weighted by molar-refractivity contribution is -0.131. The zero-order valence-electron chi connectivity index (χ0n) is 17.6. The van der Waals surface area contributed by atoms with Gasteiger partial charge in [0.15, 0.2) is 5.82 Å². The van der Waals surface area contributed by atoms with Gasteiger partial charge in [0.1, 0.15) is 5.54 Å². The van der Waals surface area contributed by atoms with E-state index in [1.807, 2.05) is 42.5 Å². The topological polar surface area (TPSA) is 126 Å². The standard InChI is InChI=1S/C23H23N7O2/c1-23(16-11-10-14-6-5-7-15(14)12-16)19(31)30(22(32)29-23)13-18-26-20(24)28-21(27-18)25-17-8-3-2-4-9-17/h2-4,8-12H,5-7,13H2,1H3,(H,29,32)(H3,24,25,26,27,28)/t23-/m0/s1. The molecular formula is C23H23N7O2. The summed E-state index contributed by atoms with van der Waals surface area (Å²) in [6.07, 6.45) is 3.16.